The second-order valence-electron chi connectivity index (χ2n) is 6.28. The fourth-order valence-corrected chi connectivity index (χ4v) is 4.45. The normalized spacial score (nSPS) is 11.6. The van der Waals surface area contributed by atoms with Gasteiger partial charge in [0.2, 0.25) is 0 Å². The second-order valence-corrected chi connectivity index (χ2v) is 8.37. The van der Waals surface area contributed by atoms with Crippen LogP contribution in [0.4, 0.5) is 5.69 Å². The maximum absolute atomic E-state index is 12.9. The highest BCUT2D eigenvalue weighted by atomic mass is 35.5. The summed E-state index contributed by atoms with van der Waals surface area (Å²) < 4.78 is 35.9. The van der Waals surface area contributed by atoms with Gasteiger partial charge in [-0.25, -0.2) is 8.42 Å². The van der Waals surface area contributed by atoms with Crippen LogP contribution in [-0.2, 0) is 24.1 Å². The molecule has 3 aromatic rings. The van der Waals surface area contributed by atoms with Gasteiger partial charge >= 0.3 is 11.1 Å². The van der Waals surface area contributed by atoms with Gasteiger partial charge in [-0.1, -0.05) is 11.6 Å². The lowest BCUT2D eigenvalue weighted by atomic mass is 10.1. The minimum atomic E-state index is -4.03. The number of benzene rings is 2. The van der Waals surface area contributed by atoms with Gasteiger partial charge in [0.15, 0.2) is 0 Å². The Hall–Kier alpha value is -2.78. The van der Waals surface area contributed by atoms with Crippen molar-refractivity contribution in [1.82, 2.24) is 9.13 Å². The van der Waals surface area contributed by atoms with Crippen molar-refractivity contribution in [3.05, 3.63) is 61.6 Å². The summed E-state index contributed by atoms with van der Waals surface area (Å²) in [5.74, 6) is 0.144. The van der Waals surface area contributed by atoms with E-state index in [0.717, 1.165) is 0 Å². The molecule has 1 heterocycles. The van der Waals surface area contributed by atoms with Gasteiger partial charge in [0.1, 0.15) is 10.6 Å². The van der Waals surface area contributed by atoms with Crippen LogP contribution in [0.1, 0.15) is 5.56 Å². The Kier molecular flexibility index (Phi) is 4.99. The van der Waals surface area contributed by atoms with Crippen molar-refractivity contribution in [1.29, 1.82) is 0 Å². The van der Waals surface area contributed by atoms with Gasteiger partial charge in [0.05, 0.1) is 23.8 Å². The van der Waals surface area contributed by atoms with E-state index in [1.165, 1.54) is 54.6 Å². The molecule has 0 aliphatic heterocycles. The van der Waals surface area contributed by atoms with E-state index in [0.29, 0.717) is 16.6 Å². The number of hydrogen-bond acceptors (Lipinski definition) is 5. The van der Waals surface area contributed by atoms with Crippen LogP contribution in [0.25, 0.3) is 11.0 Å². The number of aromatic nitrogens is 2. The van der Waals surface area contributed by atoms with Gasteiger partial charge in [-0.15, -0.1) is 0 Å². The topological polar surface area (TPSA) is 99.4 Å². The Morgan fingerprint density at radius 1 is 1.00 bits per heavy atom. The zero-order valence-electron chi connectivity index (χ0n) is 15.6. The highest BCUT2D eigenvalue weighted by Gasteiger charge is 2.22. The fraction of sp³-hybridized carbons (Fsp3) is 0.222. The van der Waals surface area contributed by atoms with Crippen molar-refractivity contribution in [3.63, 3.8) is 0 Å². The number of aryl methyl sites for hydroxylation is 3. The molecular weight excluding hydrogens is 406 g/mol. The molecular formula is C18H18ClN3O5S. The zero-order valence-corrected chi connectivity index (χ0v) is 17.2. The molecule has 0 atom stereocenters. The Labute approximate surface area is 166 Å². The first-order valence-corrected chi connectivity index (χ1v) is 9.99. The Bertz CT molecular complexity index is 1330. The molecule has 0 spiro atoms. The number of hydrogen-bond donors (Lipinski definition) is 1. The number of nitrogens with one attached hydrogen (secondary N) is 1. The van der Waals surface area contributed by atoms with Crippen LogP contribution in [0.15, 0.2) is 44.8 Å². The third kappa shape index (κ3) is 3.27. The van der Waals surface area contributed by atoms with Crippen molar-refractivity contribution < 1.29 is 13.2 Å². The predicted octanol–water partition coefficient (Wildman–Crippen LogP) is 2.01. The molecule has 3 rings (SSSR count). The van der Waals surface area contributed by atoms with Crippen molar-refractivity contribution in [2.75, 3.05) is 11.8 Å². The van der Waals surface area contributed by atoms with E-state index >= 15 is 0 Å². The first-order valence-electron chi connectivity index (χ1n) is 8.13. The molecule has 0 bridgehead atoms. The number of nitrogens with zero attached hydrogens (tertiary/aromatic N) is 2. The summed E-state index contributed by atoms with van der Waals surface area (Å²) in [7, 11) is 0.285. The standard InChI is InChI=1S/C18H18ClN3O5S/c1-10-7-13-14(22(3)18(24)17(23)21(13)2)9-12(10)20-28(25,26)16-8-11(19)5-6-15(16)27-4/h5-9,20H,1-4H3. The van der Waals surface area contributed by atoms with Gasteiger partial charge in [-0.2, -0.15) is 0 Å². The highest BCUT2D eigenvalue weighted by molar-refractivity contribution is 7.92. The average Bonchev–Trinajstić information content (AvgIpc) is 2.65. The minimum absolute atomic E-state index is 0.114. The van der Waals surface area contributed by atoms with Gasteiger partial charge in [-0.05, 0) is 42.8 Å². The third-order valence-electron chi connectivity index (χ3n) is 4.50. The van der Waals surface area contributed by atoms with Crippen LogP contribution in [0.5, 0.6) is 5.75 Å². The van der Waals surface area contributed by atoms with Crippen LogP contribution >= 0.6 is 11.6 Å². The summed E-state index contributed by atoms with van der Waals surface area (Å²) in [6, 6.07) is 7.43. The van der Waals surface area contributed by atoms with Crippen LogP contribution in [0.2, 0.25) is 5.02 Å². The maximum atomic E-state index is 12.9. The van der Waals surface area contributed by atoms with Gasteiger partial charge in [0, 0.05) is 19.1 Å². The molecule has 10 heteroatoms. The molecule has 0 fully saturated rings. The van der Waals surface area contributed by atoms with Gasteiger partial charge in [-0.3, -0.25) is 14.3 Å². The molecule has 0 saturated heterocycles. The van der Waals surface area contributed by atoms with Crippen molar-refractivity contribution in [2.45, 2.75) is 11.8 Å². The molecule has 1 aromatic heterocycles. The van der Waals surface area contributed by atoms with E-state index < -0.39 is 21.1 Å². The molecule has 0 aliphatic carbocycles. The van der Waals surface area contributed by atoms with Crippen molar-refractivity contribution in [2.24, 2.45) is 14.1 Å². The molecule has 8 nitrogen and oxygen atoms in total. The molecule has 0 aliphatic rings. The number of methoxy groups -OCH3 is 1. The van der Waals surface area contributed by atoms with Crippen molar-refractivity contribution in [3.8, 4) is 5.75 Å². The monoisotopic (exact) mass is 423 g/mol. The van der Waals surface area contributed by atoms with Gasteiger partial charge in [0.25, 0.3) is 10.0 Å². The van der Waals surface area contributed by atoms with E-state index in [1.54, 1.807) is 13.0 Å². The fourth-order valence-electron chi connectivity index (χ4n) is 2.89. The van der Waals surface area contributed by atoms with Crippen LogP contribution < -0.4 is 20.6 Å². The lowest BCUT2D eigenvalue weighted by Gasteiger charge is -2.16. The number of halogens is 1. The maximum Gasteiger partial charge on any atom is 0.316 e. The van der Waals surface area contributed by atoms with E-state index in [1.807, 2.05) is 0 Å². The third-order valence-corrected chi connectivity index (χ3v) is 6.12. The Morgan fingerprint density at radius 3 is 2.14 bits per heavy atom. The highest BCUT2D eigenvalue weighted by Crippen LogP contribution is 2.30. The minimum Gasteiger partial charge on any atom is -0.495 e. The molecule has 0 unspecified atom stereocenters. The number of ether oxygens (including phenoxy) is 1. The number of anilines is 1. The van der Waals surface area contributed by atoms with Gasteiger partial charge < -0.3 is 13.9 Å². The van der Waals surface area contributed by atoms with E-state index in [4.69, 9.17) is 16.3 Å². The molecule has 28 heavy (non-hydrogen) atoms. The molecule has 148 valence electrons. The molecule has 0 saturated carbocycles. The van der Waals surface area contributed by atoms with E-state index in [-0.39, 0.29) is 21.4 Å². The quantitative estimate of drug-likeness (QED) is 0.647. The lowest BCUT2D eigenvalue weighted by Crippen LogP contribution is -2.39. The summed E-state index contributed by atoms with van der Waals surface area (Å²) in [6.07, 6.45) is 0. The Morgan fingerprint density at radius 2 is 1.57 bits per heavy atom. The summed E-state index contributed by atoms with van der Waals surface area (Å²) in [5.41, 5.74) is 0.394. The number of rotatable bonds is 4. The first-order chi connectivity index (χ1) is 13.1. The van der Waals surface area contributed by atoms with Crippen LogP contribution in [0.3, 0.4) is 0 Å². The summed E-state index contributed by atoms with van der Waals surface area (Å²) >= 11 is 5.94. The largest absolute Gasteiger partial charge is 0.495 e. The average molecular weight is 424 g/mol. The smallest absolute Gasteiger partial charge is 0.316 e. The number of sulfonamides is 1. The lowest BCUT2D eigenvalue weighted by molar-refractivity contribution is 0.403. The molecule has 0 amide bonds. The van der Waals surface area contributed by atoms with Crippen LogP contribution in [-0.4, -0.2) is 24.7 Å². The SMILES string of the molecule is COc1ccc(Cl)cc1S(=O)(=O)Nc1cc2c(cc1C)n(C)c(=O)c(=O)n2C. The zero-order chi connectivity index (χ0) is 20.8. The second kappa shape index (κ2) is 6.99. The summed E-state index contributed by atoms with van der Waals surface area (Å²) in [4.78, 5) is 24.0. The van der Waals surface area contributed by atoms with Crippen molar-refractivity contribution >= 4 is 38.3 Å². The van der Waals surface area contributed by atoms with E-state index in [9.17, 15) is 18.0 Å². The first kappa shape index (κ1) is 20.0. The predicted molar refractivity (Wildman–Crippen MR) is 108 cm³/mol. The molecule has 0 radical (unpaired) electrons. The summed E-state index contributed by atoms with van der Waals surface area (Å²) in [6.45, 7) is 1.70. The molecule has 2 aromatic carbocycles. The molecule has 1 N–H and O–H groups in total. The summed E-state index contributed by atoms with van der Waals surface area (Å²) in [5, 5.41) is 0.244. The Balaban J connectivity index is 2.20. The van der Waals surface area contributed by atoms with Crippen LogP contribution in [0, 0.1) is 6.92 Å². The number of fused-ring (bicyclic) bond motifs is 1. The van der Waals surface area contributed by atoms with E-state index in [2.05, 4.69) is 4.72 Å².